The van der Waals surface area contributed by atoms with Crippen molar-refractivity contribution >= 4 is 27.5 Å². The maximum atomic E-state index is 13.1. The number of carbonyl (C=O) groups excluding carboxylic acids is 1. The first-order valence-corrected chi connectivity index (χ1v) is 9.48. The van der Waals surface area contributed by atoms with E-state index >= 15 is 0 Å². The van der Waals surface area contributed by atoms with Crippen LogP contribution in [0.2, 0.25) is 0 Å². The van der Waals surface area contributed by atoms with Gasteiger partial charge in [0, 0.05) is 13.6 Å². The lowest BCUT2D eigenvalue weighted by molar-refractivity contribution is 0.0782. The van der Waals surface area contributed by atoms with Crippen molar-refractivity contribution < 1.29 is 14.3 Å². The van der Waals surface area contributed by atoms with Gasteiger partial charge in [0.2, 0.25) is 0 Å². The molecule has 0 bridgehead atoms. The van der Waals surface area contributed by atoms with Gasteiger partial charge in [0.05, 0.1) is 19.8 Å². The molecule has 4 rings (SSSR count). The summed E-state index contributed by atoms with van der Waals surface area (Å²) >= 11 is 0. The predicted molar refractivity (Wildman–Crippen MR) is 117 cm³/mol. The Morgan fingerprint density at radius 2 is 1.45 bits per heavy atom. The first-order chi connectivity index (χ1) is 14.1. The minimum Gasteiger partial charge on any atom is -0.497 e. The van der Waals surface area contributed by atoms with Crippen molar-refractivity contribution in [2.45, 2.75) is 6.54 Å². The van der Waals surface area contributed by atoms with Gasteiger partial charge in [0.1, 0.15) is 11.5 Å². The molecule has 0 spiro atoms. The van der Waals surface area contributed by atoms with Crippen LogP contribution in [0.3, 0.4) is 0 Å². The molecule has 1 amide bonds. The maximum Gasteiger partial charge on any atom is 0.257 e. The van der Waals surface area contributed by atoms with Crippen molar-refractivity contribution in [3.8, 4) is 11.5 Å². The zero-order chi connectivity index (χ0) is 20.4. The zero-order valence-corrected chi connectivity index (χ0v) is 16.8. The van der Waals surface area contributed by atoms with Gasteiger partial charge in [-0.2, -0.15) is 0 Å². The first kappa shape index (κ1) is 18.8. The highest BCUT2D eigenvalue weighted by molar-refractivity contribution is 6.01. The summed E-state index contributed by atoms with van der Waals surface area (Å²) in [7, 11) is 5.07. The fraction of sp³-hybridized carbons (Fsp3) is 0.160. The largest absolute Gasteiger partial charge is 0.497 e. The van der Waals surface area contributed by atoms with Crippen LogP contribution < -0.4 is 9.47 Å². The third-order valence-corrected chi connectivity index (χ3v) is 5.18. The molecule has 0 aliphatic heterocycles. The summed E-state index contributed by atoms with van der Waals surface area (Å²) in [6.45, 7) is 0.511. The monoisotopic (exact) mass is 385 g/mol. The van der Waals surface area contributed by atoms with E-state index in [0.717, 1.165) is 32.9 Å². The van der Waals surface area contributed by atoms with E-state index in [0.29, 0.717) is 17.9 Å². The Bertz CT molecular complexity index is 1200. The molecule has 0 atom stereocenters. The molecular formula is C25H23NO3. The average Bonchev–Trinajstić information content (AvgIpc) is 2.77. The van der Waals surface area contributed by atoms with Gasteiger partial charge < -0.3 is 14.4 Å². The Morgan fingerprint density at radius 3 is 2.17 bits per heavy atom. The molecule has 0 N–H and O–H groups in total. The molecule has 146 valence electrons. The van der Waals surface area contributed by atoms with E-state index in [1.54, 1.807) is 19.1 Å². The van der Waals surface area contributed by atoms with Crippen molar-refractivity contribution in [2.24, 2.45) is 0 Å². The molecule has 0 aliphatic carbocycles. The van der Waals surface area contributed by atoms with Gasteiger partial charge in [0.15, 0.2) is 0 Å². The van der Waals surface area contributed by atoms with Crippen molar-refractivity contribution in [1.82, 2.24) is 4.90 Å². The molecule has 4 aromatic rings. The standard InChI is InChI=1S/C25H23NO3/c1-26(16-17-8-9-21-13-22(28-2)11-10-20(21)12-17)25(27)23-14-18-6-4-5-7-19(18)15-24(23)29-3/h4-15H,16H2,1-3H3. The molecule has 0 fully saturated rings. The Balaban J connectivity index is 1.61. The van der Waals surface area contributed by atoms with Crippen LogP contribution in [-0.4, -0.2) is 32.1 Å². The van der Waals surface area contributed by atoms with Crippen LogP contribution in [0, 0.1) is 0 Å². The van der Waals surface area contributed by atoms with Crippen LogP contribution in [0.4, 0.5) is 0 Å². The zero-order valence-electron chi connectivity index (χ0n) is 16.8. The highest BCUT2D eigenvalue weighted by Crippen LogP contribution is 2.28. The number of fused-ring (bicyclic) bond motifs is 2. The van der Waals surface area contributed by atoms with Crippen molar-refractivity contribution in [3.05, 3.63) is 83.9 Å². The lowest BCUT2D eigenvalue weighted by Crippen LogP contribution is -2.26. The minimum atomic E-state index is -0.0672. The topological polar surface area (TPSA) is 38.8 Å². The van der Waals surface area contributed by atoms with Crippen LogP contribution >= 0.6 is 0 Å². The number of ether oxygens (including phenoxy) is 2. The second kappa shape index (κ2) is 7.84. The van der Waals surface area contributed by atoms with Crippen LogP contribution in [0.5, 0.6) is 11.5 Å². The number of benzene rings is 4. The molecule has 0 unspecified atom stereocenters. The fourth-order valence-electron chi connectivity index (χ4n) is 3.61. The number of nitrogens with zero attached hydrogens (tertiary/aromatic N) is 1. The fourth-order valence-corrected chi connectivity index (χ4v) is 3.61. The molecule has 0 saturated carbocycles. The number of amides is 1. The summed E-state index contributed by atoms with van der Waals surface area (Å²) in [6.07, 6.45) is 0. The molecule has 0 saturated heterocycles. The Hall–Kier alpha value is -3.53. The number of methoxy groups -OCH3 is 2. The van der Waals surface area contributed by atoms with Gasteiger partial charge in [-0.25, -0.2) is 0 Å². The Morgan fingerprint density at radius 1 is 0.793 bits per heavy atom. The summed E-state index contributed by atoms with van der Waals surface area (Å²) in [5, 5.41) is 4.30. The van der Waals surface area contributed by atoms with E-state index in [1.165, 1.54) is 0 Å². The summed E-state index contributed by atoms with van der Waals surface area (Å²) in [5.74, 6) is 1.36. The summed E-state index contributed by atoms with van der Waals surface area (Å²) < 4.78 is 10.8. The van der Waals surface area contributed by atoms with E-state index < -0.39 is 0 Å². The van der Waals surface area contributed by atoms with E-state index in [9.17, 15) is 4.79 Å². The Labute approximate surface area is 170 Å². The number of hydrogen-bond donors (Lipinski definition) is 0. The molecular weight excluding hydrogens is 362 g/mol. The highest BCUT2D eigenvalue weighted by Gasteiger charge is 2.18. The number of rotatable bonds is 5. The van der Waals surface area contributed by atoms with Crippen molar-refractivity contribution in [2.75, 3.05) is 21.3 Å². The smallest absolute Gasteiger partial charge is 0.257 e. The summed E-state index contributed by atoms with van der Waals surface area (Å²) in [6, 6.07) is 24.0. The molecule has 0 aliphatic rings. The second-order valence-electron chi connectivity index (χ2n) is 7.11. The molecule has 0 heterocycles. The third-order valence-electron chi connectivity index (χ3n) is 5.18. The average molecular weight is 385 g/mol. The number of carbonyl (C=O) groups is 1. The van der Waals surface area contributed by atoms with Crippen LogP contribution in [-0.2, 0) is 6.54 Å². The van der Waals surface area contributed by atoms with Gasteiger partial charge >= 0.3 is 0 Å². The van der Waals surface area contributed by atoms with Crippen molar-refractivity contribution in [1.29, 1.82) is 0 Å². The minimum absolute atomic E-state index is 0.0672. The lowest BCUT2D eigenvalue weighted by Gasteiger charge is -2.19. The van der Waals surface area contributed by atoms with E-state index in [-0.39, 0.29) is 5.91 Å². The van der Waals surface area contributed by atoms with E-state index in [4.69, 9.17) is 9.47 Å². The molecule has 4 aromatic carbocycles. The van der Waals surface area contributed by atoms with Gasteiger partial charge in [-0.05, 0) is 57.4 Å². The number of hydrogen-bond acceptors (Lipinski definition) is 3. The summed E-state index contributed by atoms with van der Waals surface area (Å²) in [4.78, 5) is 14.9. The highest BCUT2D eigenvalue weighted by atomic mass is 16.5. The van der Waals surface area contributed by atoms with Crippen LogP contribution in [0.25, 0.3) is 21.5 Å². The SMILES string of the molecule is COc1ccc2cc(CN(C)C(=O)c3cc4ccccc4cc3OC)ccc2c1. The lowest BCUT2D eigenvalue weighted by atomic mass is 10.0. The molecule has 4 nitrogen and oxygen atoms in total. The van der Waals surface area contributed by atoms with Gasteiger partial charge in [-0.1, -0.05) is 42.5 Å². The Kier molecular flexibility index (Phi) is 5.09. The first-order valence-electron chi connectivity index (χ1n) is 9.48. The molecule has 0 aromatic heterocycles. The van der Waals surface area contributed by atoms with Crippen molar-refractivity contribution in [3.63, 3.8) is 0 Å². The van der Waals surface area contributed by atoms with Gasteiger partial charge in [-0.3, -0.25) is 4.79 Å². The predicted octanol–water partition coefficient (Wildman–Crippen LogP) is 5.28. The molecule has 29 heavy (non-hydrogen) atoms. The van der Waals surface area contributed by atoms with Crippen LogP contribution in [0.1, 0.15) is 15.9 Å². The quantitative estimate of drug-likeness (QED) is 0.469. The molecule has 4 heteroatoms. The van der Waals surface area contributed by atoms with E-state index in [2.05, 4.69) is 12.1 Å². The molecule has 0 radical (unpaired) electrons. The van der Waals surface area contributed by atoms with Crippen LogP contribution in [0.15, 0.2) is 72.8 Å². The maximum absolute atomic E-state index is 13.1. The van der Waals surface area contributed by atoms with Gasteiger partial charge in [0.25, 0.3) is 5.91 Å². The second-order valence-corrected chi connectivity index (χ2v) is 7.11. The summed E-state index contributed by atoms with van der Waals surface area (Å²) in [5.41, 5.74) is 1.64. The van der Waals surface area contributed by atoms with Gasteiger partial charge in [-0.15, -0.1) is 0 Å². The third kappa shape index (κ3) is 3.74. The van der Waals surface area contributed by atoms with E-state index in [1.807, 2.05) is 67.7 Å². The normalized spacial score (nSPS) is 10.9.